The number of amides is 1. The van der Waals surface area contributed by atoms with Gasteiger partial charge in [-0.3, -0.25) is 13.9 Å². The van der Waals surface area contributed by atoms with Gasteiger partial charge in [0.2, 0.25) is 0 Å². The van der Waals surface area contributed by atoms with Gasteiger partial charge in [-0.25, -0.2) is 0 Å². The molecule has 2 atom stereocenters. The van der Waals surface area contributed by atoms with Crippen LogP contribution in [-0.2, 0) is 11.3 Å². The summed E-state index contributed by atoms with van der Waals surface area (Å²) in [6.45, 7) is 5.86. The van der Waals surface area contributed by atoms with Crippen LogP contribution in [0.15, 0.2) is 24.3 Å². The molecule has 1 amide bonds. The van der Waals surface area contributed by atoms with Crippen LogP contribution < -0.4 is 4.72 Å². The first-order valence-corrected chi connectivity index (χ1v) is 9.09. The van der Waals surface area contributed by atoms with Crippen molar-refractivity contribution in [3.05, 3.63) is 29.8 Å². The minimum Gasteiger partial charge on any atom is -0.755 e. The lowest BCUT2D eigenvalue weighted by Crippen LogP contribution is -2.54. The first-order chi connectivity index (χ1) is 11.0. The van der Waals surface area contributed by atoms with Crippen molar-refractivity contribution in [1.29, 1.82) is 0 Å². The van der Waals surface area contributed by atoms with Crippen LogP contribution in [0.1, 0.15) is 30.1 Å². The van der Waals surface area contributed by atoms with Crippen molar-refractivity contribution < 1.29 is 13.6 Å². The number of hydrogen-bond acceptors (Lipinski definition) is 4. The van der Waals surface area contributed by atoms with Crippen LogP contribution in [0.25, 0.3) is 0 Å². The number of nitrogens with one attached hydrogen (secondary N) is 1. The molecule has 0 aromatic heterocycles. The number of anilines is 1. The molecule has 23 heavy (non-hydrogen) atoms. The van der Waals surface area contributed by atoms with Crippen LogP contribution in [0.2, 0.25) is 0 Å². The van der Waals surface area contributed by atoms with Gasteiger partial charge in [-0.05, 0) is 49.9 Å². The predicted molar refractivity (Wildman–Crippen MR) is 88.6 cm³/mol. The van der Waals surface area contributed by atoms with Crippen molar-refractivity contribution >= 4 is 22.9 Å². The van der Waals surface area contributed by atoms with Crippen molar-refractivity contribution in [1.82, 2.24) is 9.80 Å². The molecule has 7 heteroatoms. The highest BCUT2D eigenvalue weighted by molar-refractivity contribution is 7.80. The van der Waals surface area contributed by atoms with E-state index in [-0.39, 0.29) is 11.9 Å². The van der Waals surface area contributed by atoms with Gasteiger partial charge in [-0.1, -0.05) is 0 Å². The van der Waals surface area contributed by atoms with Gasteiger partial charge < -0.3 is 14.2 Å². The molecule has 1 N–H and O–H groups in total. The van der Waals surface area contributed by atoms with Crippen molar-refractivity contribution in [3.8, 4) is 0 Å². The Morgan fingerprint density at radius 3 is 2.57 bits per heavy atom. The fraction of sp³-hybridized carbons (Fsp3) is 0.562. The molecule has 2 fully saturated rings. The standard InChI is InChI=1S/C16H23N3O3S/c1-12-10-18(11-13-2-3-13)8-9-19(12)16(20)14-4-6-15(7-5-14)17-23(21)22/h4-7,12-13,17H,2-3,8-11H2,1H3,(H,21,22)/p-1/t12-/m0/s1. The second kappa shape index (κ2) is 6.98. The smallest absolute Gasteiger partial charge is 0.254 e. The minimum absolute atomic E-state index is 0.0124. The Morgan fingerprint density at radius 2 is 2.00 bits per heavy atom. The van der Waals surface area contributed by atoms with Crippen molar-refractivity contribution in [3.63, 3.8) is 0 Å². The molecule has 1 aromatic rings. The largest absolute Gasteiger partial charge is 0.755 e. The number of hydrogen-bond donors (Lipinski definition) is 1. The van der Waals surface area contributed by atoms with Crippen LogP contribution in [0, 0.1) is 5.92 Å². The SMILES string of the molecule is C[C@H]1CN(CC2CC2)CCN1C(=O)c1ccc(NS(=O)[O-])cc1. The fourth-order valence-electron chi connectivity index (χ4n) is 3.11. The lowest BCUT2D eigenvalue weighted by atomic mass is 10.1. The summed E-state index contributed by atoms with van der Waals surface area (Å²) in [6.07, 6.45) is 2.70. The maximum absolute atomic E-state index is 12.7. The minimum atomic E-state index is -2.35. The van der Waals surface area contributed by atoms with E-state index in [0.29, 0.717) is 11.3 Å². The molecule has 3 rings (SSSR count). The third-order valence-corrected chi connectivity index (χ3v) is 4.92. The number of piperazine rings is 1. The lowest BCUT2D eigenvalue weighted by Gasteiger charge is -2.40. The van der Waals surface area contributed by atoms with Gasteiger partial charge in [0, 0.05) is 54.7 Å². The summed E-state index contributed by atoms with van der Waals surface area (Å²) in [5, 5.41) is 0. The average molecular weight is 336 g/mol. The van der Waals surface area contributed by atoms with E-state index in [1.54, 1.807) is 24.3 Å². The first kappa shape index (κ1) is 16.4. The van der Waals surface area contributed by atoms with Gasteiger partial charge in [0.05, 0.1) is 0 Å². The molecule has 6 nitrogen and oxygen atoms in total. The van der Waals surface area contributed by atoms with E-state index in [1.807, 2.05) is 4.90 Å². The highest BCUT2D eigenvalue weighted by Crippen LogP contribution is 2.30. The van der Waals surface area contributed by atoms with Crippen LogP contribution in [0.3, 0.4) is 0 Å². The van der Waals surface area contributed by atoms with Gasteiger partial charge in [0.15, 0.2) is 0 Å². The van der Waals surface area contributed by atoms with Gasteiger partial charge in [0.25, 0.3) is 5.91 Å². The van der Waals surface area contributed by atoms with Gasteiger partial charge in [-0.2, -0.15) is 0 Å². The zero-order valence-electron chi connectivity index (χ0n) is 13.2. The summed E-state index contributed by atoms with van der Waals surface area (Å²) in [5.74, 6) is 0.884. The summed E-state index contributed by atoms with van der Waals surface area (Å²) in [7, 11) is 0. The number of nitrogens with zero attached hydrogens (tertiary/aromatic N) is 2. The van der Waals surface area contributed by atoms with Gasteiger partial charge in [0.1, 0.15) is 0 Å². The fourth-order valence-corrected chi connectivity index (χ4v) is 3.44. The maximum Gasteiger partial charge on any atom is 0.254 e. The Morgan fingerprint density at radius 1 is 1.30 bits per heavy atom. The molecule has 0 radical (unpaired) electrons. The van der Waals surface area contributed by atoms with Gasteiger partial charge in [-0.15, -0.1) is 0 Å². The highest BCUT2D eigenvalue weighted by atomic mass is 32.2. The molecule has 1 aromatic carbocycles. The topological polar surface area (TPSA) is 75.7 Å². The van der Waals surface area contributed by atoms with E-state index in [4.69, 9.17) is 0 Å². The van der Waals surface area contributed by atoms with E-state index in [2.05, 4.69) is 16.5 Å². The maximum atomic E-state index is 12.7. The number of carbonyl (C=O) groups excluding carboxylic acids is 1. The summed E-state index contributed by atoms with van der Waals surface area (Å²) in [6, 6.07) is 6.75. The molecule has 1 heterocycles. The second-order valence-electron chi connectivity index (χ2n) is 6.46. The third-order valence-electron chi connectivity index (χ3n) is 4.52. The molecule has 1 unspecified atom stereocenters. The van der Waals surface area contributed by atoms with E-state index < -0.39 is 11.3 Å². The van der Waals surface area contributed by atoms with Gasteiger partial charge >= 0.3 is 0 Å². The second-order valence-corrected chi connectivity index (χ2v) is 7.14. The van der Waals surface area contributed by atoms with Crippen LogP contribution in [-0.4, -0.2) is 56.7 Å². The zero-order valence-corrected chi connectivity index (χ0v) is 14.1. The predicted octanol–water partition coefficient (Wildman–Crippen LogP) is 1.45. The zero-order chi connectivity index (χ0) is 16.4. The molecule has 126 valence electrons. The van der Waals surface area contributed by atoms with E-state index >= 15 is 0 Å². The number of rotatable bonds is 5. The Hall–Kier alpha value is -1.44. The molecule has 0 spiro atoms. The van der Waals surface area contributed by atoms with Crippen LogP contribution >= 0.6 is 0 Å². The molecule has 0 bridgehead atoms. The summed E-state index contributed by atoms with van der Waals surface area (Å²) < 4.78 is 23.5. The van der Waals surface area contributed by atoms with E-state index in [0.717, 1.165) is 25.6 Å². The summed E-state index contributed by atoms with van der Waals surface area (Å²) in [5.41, 5.74) is 1.05. The molecule has 1 aliphatic heterocycles. The molecule has 1 aliphatic carbocycles. The Labute approximate surface area is 139 Å². The van der Waals surface area contributed by atoms with Crippen molar-refractivity contribution in [2.45, 2.75) is 25.8 Å². The molecular weight excluding hydrogens is 314 g/mol. The Kier molecular flexibility index (Phi) is 4.99. The molecule has 2 aliphatic rings. The molecular formula is C16H22N3O3S-. The number of carbonyl (C=O) groups is 1. The van der Waals surface area contributed by atoms with Crippen molar-refractivity contribution in [2.75, 3.05) is 30.9 Å². The first-order valence-electron chi connectivity index (χ1n) is 8.02. The summed E-state index contributed by atoms with van der Waals surface area (Å²) in [4.78, 5) is 17.0. The average Bonchev–Trinajstić information content (AvgIpc) is 3.31. The van der Waals surface area contributed by atoms with Crippen LogP contribution in [0.4, 0.5) is 5.69 Å². The van der Waals surface area contributed by atoms with Crippen LogP contribution in [0.5, 0.6) is 0 Å². The highest BCUT2D eigenvalue weighted by Gasteiger charge is 2.31. The Balaban J connectivity index is 1.59. The van der Waals surface area contributed by atoms with Crippen molar-refractivity contribution in [2.24, 2.45) is 5.92 Å². The molecule has 1 saturated carbocycles. The Bertz CT molecular complexity index is 589. The summed E-state index contributed by atoms with van der Waals surface area (Å²) >= 11 is -2.35. The lowest BCUT2D eigenvalue weighted by molar-refractivity contribution is 0.0482. The quantitative estimate of drug-likeness (QED) is 0.826. The number of benzene rings is 1. The van der Waals surface area contributed by atoms with E-state index in [9.17, 15) is 13.6 Å². The van der Waals surface area contributed by atoms with E-state index in [1.165, 1.54) is 19.4 Å². The normalized spacial score (nSPS) is 23.6. The third kappa shape index (κ3) is 4.31. The monoisotopic (exact) mass is 336 g/mol. The molecule has 1 saturated heterocycles.